The molecule has 2 aliphatic carbocycles. The zero-order valence-electron chi connectivity index (χ0n) is 34.3. The molecule has 0 saturated carbocycles. The highest BCUT2D eigenvalue weighted by molar-refractivity contribution is 6.00. The van der Waals surface area contributed by atoms with Gasteiger partial charge in [-0.3, -0.25) is 0 Å². The Labute approximate surface area is 357 Å². The number of hydrogen-bond donors (Lipinski definition) is 0. The average Bonchev–Trinajstić information content (AvgIpc) is 3.74. The summed E-state index contributed by atoms with van der Waals surface area (Å²) in [6, 6.07) is 83.6. The second-order valence-corrected chi connectivity index (χ2v) is 17.3. The minimum Gasteiger partial charge on any atom is -0.310 e. The van der Waals surface area contributed by atoms with Crippen molar-refractivity contribution in [3.63, 3.8) is 0 Å². The van der Waals surface area contributed by atoms with Crippen molar-refractivity contribution in [2.45, 2.75) is 24.7 Å². The predicted molar refractivity (Wildman–Crippen MR) is 256 cm³/mol. The number of hydrogen-bond acceptors (Lipinski definition) is 1. The second-order valence-electron chi connectivity index (χ2n) is 17.3. The highest BCUT2D eigenvalue weighted by Gasteiger charge is 2.46. The molecular formula is C60H43N. The molecular weight excluding hydrogens is 735 g/mol. The molecule has 288 valence electrons. The summed E-state index contributed by atoms with van der Waals surface area (Å²) in [6.45, 7) is 4.79. The minimum absolute atomic E-state index is 0.209. The van der Waals surface area contributed by atoms with Gasteiger partial charge < -0.3 is 4.90 Å². The molecule has 0 aliphatic heterocycles. The maximum absolute atomic E-state index is 2.50. The van der Waals surface area contributed by atoms with Crippen LogP contribution in [0.5, 0.6) is 0 Å². The quantitative estimate of drug-likeness (QED) is 0.163. The van der Waals surface area contributed by atoms with E-state index < -0.39 is 5.41 Å². The van der Waals surface area contributed by atoms with Gasteiger partial charge in [-0.25, -0.2) is 0 Å². The van der Waals surface area contributed by atoms with Gasteiger partial charge in [-0.2, -0.15) is 0 Å². The van der Waals surface area contributed by atoms with Gasteiger partial charge >= 0.3 is 0 Å². The van der Waals surface area contributed by atoms with Gasteiger partial charge in [0.2, 0.25) is 0 Å². The van der Waals surface area contributed by atoms with Crippen molar-refractivity contribution in [2.75, 3.05) is 4.90 Å². The van der Waals surface area contributed by atoms with Gasteiger partial charge in [0, 0.05) is 22.2 Å². The molecule has 10 aromatic carbocycles. The predicted octanol–water partition coefficient (Wildman–Crippen LogP) is 15.8. The summed E-state index contributed by atoms with van der Waals surface area (Å²) in [6.07, 6.45) is 0. The number of benzene rings is 10. The molecule has 61 heavy (non-hydrogen) atoms. The highest BCUT2D eigenvalue weighted by Crippen LogP contribution is 2.58. The second kappa shape index (κ2) is 13.5. The molecule has 1 nitrogen and oxygen atoms in total. The van der Waals surface area contributed by atoms with Crippen molar-refractivity contribution < 1.29 is 0 Å². The molecule has 0 unspecified atom stereocenters. The molecule has 0 bridgehead atoms. The zero-order valence-corrected chi connectivity index (χ0v) is 34.3. The van der Waals surface area contributed by atoms with Crippen LogP contribution in [-0.2, 0) is 10.8 Å². The van der Waals surface area contributed by atoms with Gasteiger partial charge in [0.15, 0.2) is 0 Å². The third-order valence-corrected chi connectivity index (χ3v) is 13.7. The van der Waals surface area contributed by atoms with Gasteiger partial charge in [-0.1, -0.05) is 196 Å². The van der Waals surface area contributed by atoms with Crippen LogP contribution in [0.2, 0.25) is 0 Å². The summed E-state index contributed by atoms with van der Waals surface area (Å²) in [5.41, 5.74) is 18.3. The van der Waals surface area contributed by atoms with Crippen molar-refractivity contribution in [3.8, 4) is 33.4 Å². The Kier molecular flexibility index (Phi) is 7.86. The molecule has 2 aliphatic rings. The Hall–Kier alpha value is -7.48. The fraction of sp³-hybridized carbons (Fsp3) is 0.0667. The first kappa shape index (κ1) is 35.5. The number of fused-ring (bicyclic) bond motifs is 8. The van der Waals surface area contributed by atoms with Gasteiger partial charge in [-0.15, -0.1) is 0 Å². The van der Waals surface area contributed by atoms with E-state index in [1.807, 2.05) is 0 Å². The van der Waals surface area contributed by atoms with Crippen LogP contribution in [0.25, 0.3) is 54.9 Å². The molecule has 0 fully saturated rings. The summed E-state index contributed by atoms with van der Waals surface area (Å²) >= 11 is 0. The van der Waals surface area contributed by atoms with Gasteiger partial charge in [0.1, 0.15) is 0 Å². The van der Waals surface area contributed by atoms with Crippen LogP contribution in [0.3, 0.4) is 0 Å². The Morgan fingerprint density at radius 1 is 0.328 bits per heavy atom. The average molecular weight is 778 g/mol. The summed E-state index contributed by atoms with van der Waals surface area (Å²) in [5, 5.41) is 4.97. The molecule has 0 spiro atoms. The first-order valence-electron chi connectivity index (χ1n) is 21.4. The standard InChI is InChI=1S/C60H43N/c1-59(2)56-37-44(43-29-28-40-16-9-10-18-42(40)36-43)30-33-51(56)52-34-31-48(39-57(52)59)61(58-27-15-19-41-17-11-12-24-49(41)58)47-32-35-55-53(38-47)50-25-13-14-26-54(50)60(55,45-20-5-3-6-21-45)46-22-7-4-8-23-46/h3-39H,1-2H3. The van der Waals surface area contributed by atoms with E-state index in [1.54, 1.807) is 0 Å². The monoisotopic (exact) mass is 777 g/mol. The van der Waals surface area contributed by atoms with Crippen molar-refractivity contribution in [2.24, 2.45) is 0 Å². The molecule has 0 radical (unpaired) electrons. The number of rotatable bonds is 6. The molecule has 1 heteroatoms. The zero-order chi connectivity index (χ0) is 40.7. The van der Waals surface area contributed by atoms with Crippen LogP contribution < -0.4 is 4.90 Å². The topological polar surface area (TPSA) is 3.24 Å². The fourth-order valence-electron chi connectivity index (χ4n) is 10.8. The summed E-state index contributed by atoms with van der Waals surface area (Å²) in [5.74, 6) is 0. The lowest BCUT2D eigenvalue weighted by Gasteiger charge is -2.34. The first-order valence-corrected chi connectivity index (χ1v) is 21.4. The van der Waals surface area contributed by atoms with Crippen molar-refractivity contribution in [3.05, 3.63) is 258 Å². The fourth-order valence-corrected chi connectivity index (χ4v) is 10.8. The molecule has 0 atom stereocenters. The van der Waals surface area contributed by atoms with Crippen LogP contribution in [0, 0.1) is 0 Å². The van der Waals surface area contributed by atoms with Gasteiger partial charge in [-0.05, 0) is 125 Å². The smallest absolute Gasteiger partial charge is 0.0713 e. The van der Waals surface area contributed by atoms with Crippen LogP contribution in [0.1, 0.15) is 47.2 Å². The van der Waals surface area contributed by atoms with E-state index in [1.165, 1.54) is 88.3 Å². The summed E-state index contributed by atoms with van der Waals surface area (Å²) in [7, 11) is 0. The van der Waals surface area contributed by atoms with E-state index in [0.29, 0.717) is 0 Å². The Bertz CT molecular complexity index is 3290. The number of nitrogens with zero attached hydrogens (tertiary/aromatic N) is 1. The third-order valence-electron chi connectivity index (χ3n) is 13.7. The molecule has 0 amide bonds. The van der Waals surface area contributed by atoms with E-state index in [9.17, 15) is 0 Å². The van der Waals surface area contributed by atoms with Crippen LogP contribution >= 0.6 is 0 Å². The van der Waals surface area contributed by atoms with Crippen molar-refractivity contribution >= 4 is 38.6 Å². The maximum atomic E-state index is 2.50. The van der Waals surface area contributed by atoms with E-state index in [-0.39, 0.29) is 5.41 Å². The van der Waals surface area contributed by atoms with E-state index >= 15 is 0 Å². The van der Waals surface area contributed by atoms with Gasteiger partial charge in [0.25, 0.3) is 0 Å². The van der Waals surface area contributed by atoms with Gasteiger partial charge in [0.05, 0.1) is 11.1 Å². The van der Waals surface area contributed by atoms with Crippen molar-refractivity contribution in [1.82, 2.24) is 0 Å². The van der Waals surface area contributed by atoms with Crippen LogP contribution in [0.4, 0.5) is 17.1 Å². The third kappa shape index (κ3) is 5.27. The highest BCUT2D eigenvalue weighted by atomic mass is 15.1. The lowest BCUT2D eigenvalue weighted by atomic mass is 9.68. The SMILES string of the molecule is CC1(C)c2cc(-c3ccc4ccccc4c3)ccc2-c2ccc(N(c3ccc4c(c3)-c3ccccc3C4(c3ccccc3)c3ccccc3)c3cccc4ccccc34)cc21. The Morgan fingerprint density at radius 2 is 0.869 bits per heavy atom. The van der Waals surface area contributed by atoms with Crippen molar-refractivity contribution in [1.29, 1.82) is 0 Å². The molecule has 0 N–H and O–H groups in total. The van der Waals surface area contributed by atoms with Crippen LogP contribution in [-0.4, -0.2) is 0 Å². The maximum Gasteiger partial charge on any atom is 0.0713 e. The van der Waals surface area contributed by atoms with E-state index in [2.05, 4.69) is 243 Å². The lowest BCUT2D eigenvalue weighted by molar-refractivity contribution is 0.660. The molecule has 0 saturated heterocycles. The van der Waals surface area contributed by atoms with E-state index in [4.69, 9.17) is 0 Å². The largest absolute Gasteiger partial charge is 0.310 e. The summed E-state index contributed by atoms with van der Waals surface area (Å²) < 4.78 is 0. The first-order chi connectivity index (χ1) is 30.0. The Morgan fingerprint density at radius 3 is 1.66 bits per heavy atom. The summed E-state index contributed by atoms with van der Waals surface area (Å²) in [4.78, 5) is 2.50. The molecule has 0 heterocycles. The Balaban J connectivity index is 1.04. The van der Waals surface area contributed by atoms with E-state index in [0.717, 1.165) is 17.1 Å². The lowest BCUT2D eigenvalue weighted by Crippen LogP contribution is -2.28. The molecule has 12 rings (SSSR count). The number of anilines is 3. The minimum atomic E-state index is -0.452. The normalized spacial score (nSPS) is 14.0. The molecule has 0 aromatic heterocycles. The molecule has 10 aromatic rings. The van der Waals surface area contributed by atoms with Crippen LogP contribution in [0.15, 0.2) is 224 Å².